The van der Waals surface area contributed by atoms with Gasteiger partial charge in [-0.1, -0.05) is 0 Å². The molecule has 0 aromatic heterocycles. The molecule has 0 amide bonds. The van der Waals surface area contributed by atoms with Crippen LogP contribution >= 0.6 is 0 Å². The molecule has 0 unspecified atom stereocenters. The Balaban J connectivity index is 2.30. The highest BCUT2D eigenvalue weighted by molar-refractivity contribution is 7.87. The van der Waals surface area contributed by atoms with Crippen LogP contribution in [-0.4, -0.2) is 8.42 Å². The van der Waals surface area contributed by atoms with Gasteiger partial charge in [-0.15, -0.1) is 0 Å². The molecule has 0 N–H and O–H groups in total. The van der Waals surface area contributed by atoms with E-state index in [0.717, 1.165) is 36.4 Å². The van der Waals surface area contributed by atoms with Crippen molar-refractivity contribution in [3.8, 4) is 5.75 Å². The first-order chi connectivity index (χ1) is 8.88. The Kier molecular flexibility index (Phi) is 3.48. The lowest BCUT2D eigenvalue weighted by Crippen LogP contribution is -2.10. The molecule has 19 heavy (non-hydrogen) atoms. The molecule has 0 aliphatic heterocycles. The van der Waals surface area contributed by atoms with Crippen LogP contribution < -0.4 is 4.18 Å². The maximum Gasteiger partial charge on any atom is 0.339 e. The van der Waals surface area contributed by atoms with E-state index < -0.39 is 27.6 Å². The first-order valence-electron chi connectivity index (χ1n) is 5.03. The predicted molar refractivity (Wildman–Crippen MR) is 60.6 cm³/mol. The number of benzene rings is 2. The Morgan fingerprint density at radius 3 is 2.05 bits per heavy atom. The highest BCUT2D eigenvalue weighted by Crippen LogP contribution is 2.20. The maximum atomic E-state index is 12.9. The summed E-state index contributed by atoms with van der Waals surface area (Å²) in [6.07, 6.45) is 0. The molecule has 0 heterocycles. The second kappa shape index (κ2) is 4.93. The lowest BCUT2D eigenvalue weighted by atomic mass is 10.3. The Hall–Kier alpha value is -2.02. The largest absolute Gasteiger partial charge is 0.379 e. The van der Waals surface area contributed by atoms with Crippen molar-refractivity contribution in [3.05, 3.63) is 59.9 Å². The van der Waals surface area contributed by atoms with E-state index in [1.54, 1.807) is 0 Å². The van der Waals surface area contributed by atoms with Gasteiger partial charge in [0.2, 0.25) is 0 Å². The van der Waals surface area contributed by atoms with Gasteiger partial charge in [-0.05, 0) is 36.4 Å². The molecule has 0 aliphatic rings. The second-order valence-electron chi connectivity index (χ2n) is 3.57. The van der Waals surface area contributed by atoms with Gasteiger partial charge >= 0.3 is 10.1 Å². The van der Waals surface area contributed by atoms with Gasteiger partial charge in [0, 0.05) is 6.07 Å². The molecule has 0 aliphatic carbocycles. The van der Waals surface area contributed by atoms with Crippen molar-refractivity contribution in [1.82, 2.24) is 0 Å². The van der Waals surface area contributed by atoms with Crippen LogP contribution in [0.25, 0.3) is 0 Å². The maximum absolute atomic E-state index is 12.9. The standard InChI is InChI=1S/C12H7F3O3S/c13-8-1-4-10(5-2-8)19(16,17)18-9-3-6-11(14)12(15)7-9/h1-7H. The molecule has 100 valence electrons. The molecule has 0 saturated carbocycles. The first-order valence-corrected chi connectivity index (χ1v) is 6.44. The zero-order valence-corrected chi connectivity index (χ0v) is 10.1. The molecular formula is C12H7F3O3S. The molecule has 2 aromatic rings. The van der Waals surface area contributed by atoms with Gasteiger partial charge in [0.05, 0.1) is 0 Å². The van der Waals surface area contributed by atoms with E-state index in [1.165, 1.54) is 0 Å². The fourth-order valence-corrected chi connectivity index (χ4v) is 2.23. The molecule has 0 fully saturated rings. The normalized spacial score (nSPS) is 11.3. The van der Waals surface area contributed by atoms with Crippen LogP contribution in [0.2, 0.25) is 0 Å². The average Bonchev–Trinajstić information content (AvgIpc) is 2.34. The second-order valence-corrected chi connectivity index (χ2v) is 5.11. The summed E-state index contributed by atoms with van der Waals surface area (Å²) < 4.78 is 66.4. The molecule has 2 aromatic carbocycles. The third-order valence-electron chi connectivity index (χ3n) is 2.20. The van der Waals surface area contributed by atoms with Crippen molar-refractivity contribution in [2.45, 2.75) is 4.90 Å². The van der Waals surface area contributed by atoms with E-state index in [4.69, 9.17) is 0 Å². The number of rotatable bonds is 3. The fraction of sp³-hybridized carbons (Fsp3) is 0. The van der Waals surface area contributed by atoms with Crippen molar-refractivity contribution in [2.24, 2.45) is 0 Å². The molecule has 7 heteroatoms. The lowest BCUT2D eigenvalue weighted by Gasteiger charge is -2.07. The van der Waals surface area contributed by atoms with Gasteiger partial charge in [0.1, 0.15) is 16.5 Å². The van der Waals surface area contributed by atoms with Crippen LogP contribution in [0.3, 0.4) is 0 Å². The summed E-state index contributed by atoms with van der Waals surface area (Å²) in [4.78, 5) is -0.293. The molecular weight excluding hydrogens is 281 g/mol. The van der Waals surface area contributed by atoms with Crippen molar-refractivity contribution >= 4 is 10.1 Å². The van der Waals surface area contributed by atoms with Gasteiger partial charge in [-0.25, -0.2) is 13.2 Å². The minimum atomic E-state index is -4.22. The quantitative estimate of drug-likeness (QED) is 0.816. The minimum absolute atomic E-state index is 0.293. The molecule has 0 saturated heterocycles. The molecule has 2 rings (SSSR count). The van der Waals surface area contributed by atoms with E-state index >= 15 is 0 Å². The zero-order chi connectivity index (χ0) is 14.0. The summed E-state index contributed by atoms with van der Waals surface area (Å²) in [6, 6.07) is 6.22. The monoisotopic (exact) mass is 288 g/mol. The number of hydrogen-bond acceptors (Lipinski definition) is 3. The molecule has 0 atom stereocenters. The molecule has 0 bridgehead atoms. The van der Waals surface area contributed by atoms with E-state index in [0.29, 0.717) is 6.07 Å². The number of hydrogen-bond donors (Lipinski definition) is 0. The van der Waals surface area contributed by atoms with Gasteiger partial charge in [-0.2, -0.15) is 8.42 Å². The van der Waals surface area contributed by atoms with Crippen LogP contribution in [0.4, 0.5) is 13.2 Å². The van der Waals surface area contributed by atoms with Crippen LogP contribution in [-0.2, 0) is 10.1 Å². The molecule has 3 nitrogen and oxygen atoms in total. The van der Waals surface area contributed by atoms with E-state index in [2.05, 4.69) is 4.18 Å². The molecule has 0 radical (unpaired) electrons. The average molecular weight is 288 g/mol. The third-order valence-corrected chi connectivity index (χ3v) is 3.46. The third kappa shape index (κ3) is 3.05. The lowest BCUT2D eigenvalue weighted by molar-refractivity contribution is 0.472. The summed E-state index contributed by atoms with van der Waals surface area (Å²) in [5.41, 5.74) is 0. The van der Waals surface area contributed by atoms with Gasteiger partial charge in [0.15, 0.2) is 11.6 Å². The first kappa shape index (κ1) is 13.4. The van der Waals surface area contributed by atoms with Crippen LogP contribution in [0.15, 0.2) is 47.4 Å². The van der Waals surface area contributed by atoms with Crippen molar-refractivity contribution in [2.75, 3.05) is 0 Å². The number of halogens is 3. The summed E-state index contributed by atoms with van der Waals surface area (Å²) in [6.45, 7) is 0. The Bertz CT molecular complexity index is 697. The Morgan fingerprint density at radius 2 is 1.47 bits per heavy atom. The smallest absolute Gasteiger partial charge is 0.339 e. The topological polar surface area (TPSA) is 43.4 Å². The SMILES string of the molecule is O=S(=O)(Oc1ccc(F)c(F)c1)c1ccc(F)cc1. The van der Waals surface area contributed by atoms with Gasteiger partial charge < -0.3 is 4.18 Å². The summed E-state index contributed by atoms with van der Waals surface area (Å²) in [5.74, 6) is -3.33. The fourth-order valence-electron chi connectivity index (χ4n) is 1.30. The van der Waals surface area contributed by atoms with E-state index in [9.17, 15) is 21.6 Å². The van der Waals surface area contributed by atoms with Crippen LogP contribution in [0.5, 0.6) is 5.75 Å². The van der Waals surface area contributed by atoms with Gasteiger partial charge in [-0.3, -0.25) is 0 Å². The minimum Gasteiger partial charge on any atom is -0.379 e. The van der Waals surface area contributed by atoms with Crippen LogP contribution in [0.1, 0.15) is 0 Å². The predicted octanol–water partition coefficient (Wildman–Crippen LogP) is 2.87. The molecule has 0 spiro atoms. The highest BCUT2D eigenvalue weighted by atomic mass is 32.2. The summed E-state index contributed by atoms with van der Waals surface area (Å²) in [5, 5.41) is 0. The Labute approximate surface area is 107 Å². The van der Waals surface area contributed by atoms with Crippen molar-refractivity contribution in [1.29, 1.82) is 0 Å². The van der Waals surface area contributed by atoms with Crippen molar-refractivity contribution < 1.29 is 25.8 Å². The summed E-state index contributed by atoms with van der Waals surface area (Å²) >= 11 is 0. The highest BCUT2D eigenvalue weighted by Gasteiger charge is 2.17. The van der Waals surface area contributed by atoms with E-state index in [1.807, 2.05) is 0 Å². The Morgan fingerprint density at radius 1 is 0.842 bits per heavy atom. The van der Waals surface area contributed by atoms with E-state index in [-0.39, 0.29) is 10.6 Å². The summed E-state index contributed by atoms with van der Waals surface area (Å²) in [7, 11) is -4.22. The van der Waals surface area contributed by atoms with Gasteiger partial charge in [0.25, 0.3) is 0 Å². The van der Waals surface area contributed by atoms with Crippen LogP contribution in [0, 0.1) is 17.5 Å². The van der Waals surface area contributed by atoms with Crippen molar-refractivity contribution in [3.63, 3.8) is 0 Å². The zero-order valence-electron chi connectivity index (χ0n) is 9.31.